The summed E-state index contributed by atoms with van der Waals surface area (Å²) in [6.07, 6.45) is 1.54. The van der Waals surface area contributed by atoms with Gasteiger partial charge in [0.15, 0.2) is 0 Å². The van der Waals surface area contributed by atoms with Crippen molar-refractivity contribution in [1.29, 1.82) is 0 Å². The number of benzene rings is 1. The molecule has 1 amide bonds. The first-order chi connectivity index (χ1) is 9.58. The van der Waals surface area contributed by atoms with Crippen LogP contribution in [-0.2, 0) is 0 Å². The zero-order valence-electron chi connectivity index (χ0n) is 10.6. The number of carbonyl (C=O) groups excluding carboxylic acids is 1. The highest BCUT2D eigenvalue weighted by atomic mass is 32.1. The van der Waals surface area contributed by atoms with E-state index in [0.29, 0.717) is 0 Å². The molecule has 1 aromatic carbocycles. The molecule has 0 bridgehead atoms. The van der Waals surface area contributed by atoms with Crippen LogP contribution in [0.4, 0.5) is 5.69 Å². The molecular weight excluding hydrogens is 278 g/mol. The van der Waals surface area contributed by atoms with Crippen molar-refractivity contribution in [2.45, 2.75) is 6.92 Å². The third-order valence-electron chi connectivity index (χ3n) is 2.59. The first kappa shape index (κ1) is 13.9. The van der Waals surface area contributed by atoms with Crippen molar-refractivity contribution in [3.63, 3.8) is 0 Å². The van der Waals surface area contributed by atoms with Crippen molar-refractivity contribution >= 4 is 29.1 Å². The molecule has 1 heterocycles. The maximum atomic E-state index is 11.8. The highest BCUT2D eigenvalue weighted by molar-refractivity contribution is 7.10. The predicted octanol–water partition coefficient (Wildman–Crippen LogP) is 2.73. The van der Waals surface area contributed by atoms with Gasteiger partial charge in [-0.2, -0.15) is 5.10 Å². The second kappa shape index (κ2) is 6.07. The van der Waals surface area contributed by atoms with Gasteiger partial charge in [0.05, 0.1) is 11.1 Å². The zero-order valence-corrected chi connectivity index (χ0v) is 11.4. The van der Waals surface area contributed by atoms with E-state index in [-0.39, 0.29) is 11.3 Å². The molecule has 0 saturated carbocycles. The fraction of sp³-hybridized carbons (Fsp3) is 0.0769. The summed E-state index contributed by atoms with van der Waals surface area (Å²) in [5, 5.41) is 16.4. The number of rotatable bonds is 4. The summed E-state index contributed by atoms with van der Waals surface area (Å²) in [5.41, 5.74) is 3.33. The molecule has 0 atom stereocenters. The molecule has 0 aliphatic carbocycles. The Kier molecular flexibility index (Phi) is 4.21. The van der Waals surface area contributed by atoms with Gasteiger partial charge in [-0.1, -0.05) is 6.07 Å². The molecule has 0 unspecified atom stereocenters. The second-order valence-electron chi connectivity index (χ2n) is 3.94. The summed E-state index contributed by atoms with van der Waals surface area (Å²) in [7, 11) is 0. The lowest BCUT2D eigenvalue weighted by Crippen LogP contribution is -2.17. The molecule has 6 nitrogen and oxygen atoms in total. The van der Waals surface area contributed by atoms with Crippen LogP contribution in [0.5, 0.6) is 0 Å². The summed E-state index contributed by atoms with van der Waals surface area (Å²) in [4.78, 5) is 23.0. The highest BCUT2D eigenvalue weighted by Gasteiger charge is 2.10. The van der Waals surface area contributed by atoms with E-state index in [1.165, 1.54) is 24.3 Å². The molecule has 102 valence electrons. The van der Waals surface area contributed by atoms with Gasteiger partial charge in [0, 0.05) is 28.1 Å². The number of nitro groups is 1. The van der Waals surface area contributed by atoms with E-state index in [1.807, 2.05) is 18.4 Å². The van der Waals surface area contributed by atoms with Crippen LogP contribution in [0, 0.1) is 17.0 Å². The lowest BCUT2D eigenvalue weighted by Gasteiger charge is -1.99. The topological polar surface area (TPSA) is 84.6 Å². The molecule has 7 heteroatoms. The fourth-order valence-electron chi connectivity index (χ4n) is 1.51. The van der Waals surface area contributed by atoms with Gasteiger partial charge in [-0.3, -0.25) is 14.9 Å². The number of hydrogen-bond donors (Lipinski definition) is 1. The summed E-state index contributed by atoms with van der Waals surface area (Å²) >= 11 is 1.59. The average Bonchev–Trinajstić information content (AvgIpc) is 2.84. The molecule has 1 aromatic heterocycles. The predicted molar refractivity (Wildman–Crippen MR) is 77.2 cm³/mol. The Morgan fingerprint density at radius 2 is 2.25 bits per heavy atom. The summed E-state index contributed by atoms with van der Waals surface area (Å²) in [5.74, 6) is -0.488. The Balaban J connectivity index is 2.05. The van der Waals surface area contributed by atoms with Gasteiger partial charge in [0.2, 0.25) is 0 Å². The Bertz CT molecular complexity index is 679. The van der Waals surface area contributed by atoms with Crippen LogP contribution in [0.15, 0.2) is 40.8 Å². The number of thiophene rings is 1. The number of carbonyl (C=O) groups is 1. The minimum Gasteiger partial charge on any atom is -0.267 e. The third kappa shape index (κ3) is 3.27. The maximum Gasteiger partial charge on any atom is 0.271 e. The second-order valence-corrected chi connectivity index (χ2v) is 5.06. The summed E-state index contributed by atoms with van der Waals surface area (Å²) < 4.78 is 0. The Labute approximate surface area is 118 Å². The van der Waals surface area contributed by atoms with Crippen LogP contribution in [0.2, 0.25) is 0 Å². The molecule has 2 rings (SSSR count). The van der Waals surface area contributed by atoms with E-state index in [9.17, 15) is 14.9 Å². The van der Waals surface area contributed by atoms with Crippen LogP contribution in [0.25, 0.3) is 0 Å². The van der Waals surface area contributed by atoms with E-state index >= 15 is 0 Å². The molecule has 2 aromatic rings. The van der Waals surface area contributed by atoms with Crippen molar-refractivity contribution in [2.24, 2.45) is 5.10 Å². The van der Waals surface area contributed by atoms with Gasteiger partial charge in [-0.05, 0) is 24.4 Å². The smallest absolute Gasteiger partial charge is 0.267 e. The van der Waals surface area contributed by atoms with E-state index in [4.69, 9.17) is 0 Å². The minimum atomic E-state index is -0.547. The Morgan fingerprint density at radius 1 is 1.45 bits per heavy atom. The van der Waals surface area contributed by atoms with Crippen molar-refractivity contribution in [3.05, 3.63) is 61.8 Å². The molecule has 0 aliphatic heterocycles. The SMILES string of the molecule is Cc1sccc1C=NNC(=O)c1cccc([N+](=O)[O-])c1. The number of aryl methyl sites for hydroxylation is 1. The van der Waals surface area contributed by atoms with Crippen molar-refractivity contribution in [2.75, 3.05) is 0 Å². The summed E-state index contributed by atoms with van der Waals surface area (Å²) in [6.45, 7) is 1.95. The van der Waals surface area contributed by atoms with Gasteiger partial charge in [-0.15, -0.1) is 11.3 Å². The number of nitrogens with zero attached hydrogens (tertiary/aromatic N) is 2. The highest BCUT2D eigenvalue weighted by Crippen LogP contribution is 2.13. The molecule has 0 radical (unpaired) electrons. The maximum absolute atomic E-state index is 11.8. The number of non-ortho nitro benzene ring substituents is 1. The summed E-state index contributed by atoms with van der Waals surface area (Å²) in [6, 6.07) is 7.38. The number of hydrazone groups is 1. The molecule has 20 heavy (non-hydrogen) atoms. The van der Waals surface area contributed by atoms with Gasteiger partial charge < -0.3 is 0 Å². The normalized spacial score (nSPS) is 10.7. The molecular formula is C13H11N3O3S. The van der Waals surface area contributed by atoms with E-state index in [2.05, 4.69) is 10.5 Å². The van der Waals surface area contributed by atoms with Crippen LogP contribution < -0.4 is 5.43 Å². The van der Waals surface area contributed by atoms with Crippen molar-refractivity contribution < 1.29 is 9.72 Å². The van der Waals surface area contributed by atoms with E-state index in [0.717, 1.165) is 10.4 Å². The quantitative estimate of drug-likeness (QED) is 0.533. The van der Waals surface area contributed by atoms with Gasteiger partial charge in [0.25, 0.3) is 11.6 Å². The standard InChI is InChI=1S/C13H11N3O3S/c1-9-11(5-6-20-9)8-14-15-13(17)10-3-2-4-12(7-10)16(18)19/h2-8H,1H3,(H,15,17). The molecule has 0 aliphatic rings. The van der Waals surface area contributed by atoms with E-state index < -0.39 is 10.8 Å². The zero-order chi connectivity index (χ0) is 14.5. The lowest BCUT2D eigenvalue weighted by molar-refractivity contribution is -0.384. The Morgan fingerprint density at radius 3 is 2.90 bits per heavy atom. The van der Waals surface area contributed by atoms with Crippen molar-refractivity contribution in [1.82, 2.24) is 5.43 Å². The Hall–Kier alpha value is -2.54. The molecule has 0 spiro atoms. The molecule has 1 N–H and O–H groups in total. The van der Waals surface area contributed by atoms with E-state index in [1.54, 1.807) is 17.6 Å². The van der Waals surface area contributed by atoms with Crippen LogP contribution >= 0.6 is 11.3 Å². The molecule has 0 saturated heterocycles. The van der Waals surface area contributed by atoms with Gasteiger partial charge >= 0.3 is 0 Å². The largest absolute Gasteiger partial charge is 0.271 e. The van der Waals surface area contributed by atoms with Gasteiger partial charge in [0.1, 0.15) is 0 Å². The number of nitro benzene ring substituents is 1. The monoisotopic (exact) mass is 289 g/mol. The fourth-order valence-corrected chi connectivity index (χ4v) is 2.19. The number of hydrogen-bond acceptors (Lipinski definition) is 5. The lowest BCUT2D eigenvalue weighted by atomic mass is 10.2. The van der Waals surface area contributed by atoms with Crippen molar-refractivity contribution in [3.8, 4) is 0 Å². The third-order valence-corrected chi connectivity index (χ3v) is 3.45. The van der Waals surface area contributed by atoms with Crippen LogP contribution in [-0.4, -0.2) is 17.0 Å². The minimum absolute atomic E-state index is 0.129. The first-order valence-corrected chi connectivity index (χ1v) is 6.58. The number of nitrogens with one attached hydrogen (secondary N) is 1. The molecule has 0 fully saturated rings. The number of amides is 1. The average molecular weight is 289 g/mol. The van der Waals surface area contributed by atoms with Crippen LogP contribution in [0.1, 0.15) is 20.8 Å². The van der Waals surface area contributed by atoms with Crippen LogP contribution in [0.3, 0.4) is 0 Å². The van der Waals surface area contributed by atoms with Gasteiger partial charge in [-0.25, -0.2) is 5.43 Å². The first-order valence-electron chi connectivity index (χ1n) is 5.70.